The molecule has 2 N–H and O–H groups in total. The highest BCUT2D eigenvalue weighted by Gasteiger charge is 2.22. The topological polar surface area (TPSA) is 58.6 Å². The van der Waals surface area contributed by atoms with E-state index in [0.29, 0.717) is 11.5 Å². The third kappa shape index (κ3) is 4.04. The highest BCUT2D eigenvalue weighted by molar-refractivity contribution is 9.10. The van der Waals surface area contributed by atoms with Crippen LogP contribution in [0.15, 0.2) is 22.7 Å². The van der Waals surface area contributed by atoms with Crippen LogP contribution >= 0.6 is 15.9 Å². The van der Waals surface area contributed by atoms with Gasteiger partial charge in [-0.1, -0.05) is 22.0 Å². The molecule has 1 fully saturated rings. The number of aliphatic hydroxyl groups excluding tert-OH is 1. The molecule has 2 atom stereocenters. The number of rotatable bonds is 5. The van der Waals surface area contributed by atoms with Crippen molar-refractivity contribution in [2.24, 2.45) is 5.92 Å². The molecule has 0 spiro atoms. The van der Waals surface area contributed by atoms with E-state index in [1.165, 1.54) is 7.11 Å². The molecule has 1 aromatic carbocycles. The average molecular weight is 342 g/mol. The van der Waals surface area contributed by atoms with Gasteiger partial charge in [0.05, 0.1) is 18.8 Å². The summed E-state index contributed by atoms with van der Waals surface area (Å²) in [6.45, 7) is 1.66. The van der Waals surface area contributed by atoms with E-state index < -0.39 is 0 Å². The fraction of sp³-hybridized carbons (Fsp3) is 0.533. The lowest BCUT2D eigenvalue weighted by atomic mass is 10.1. The summed E-state index contributed by atoms with van der Waals surface area (Å²) >= 11 is 3.48. The number of aliphatic hydroxyl groups is 1. The monoisotopic (exact) mass is 341 g/mol. The molecule has 0 heterocycles. The summed E-state index contributed by atoms with van der Waals surface area (Å²) in [5.41, 5.74) is 1.65. The zero-order chi connectivity index (χ0) is 14.5. The molecule has 0 radical (unpaired) electrons. The lowest BCUT2D eigenvalue weighted by molar-refractivity contribution is 0.0600. The predicted octanol–water partition coefficient (Wildman–Crippen LogP) is 2.49. The highest BCUT2D eigenvalue weighted by atomic mass is 79.9. The van der Waals surface area contributed by atoms with E-state index in [4.69, 9.17) is 4.74 Å². The summed E-state index contributed by atoms with van der Waals surface area (Å²) in [7, 11) is 1.38. The highest BCUT2D eigenvalue weighted by Crippen LogP contribution is 2.25. The molecule has 1 aliphatic carbocycles. The van der Waals surface area contributed by atoms with Crippen molar-refractivity contribution in [2.75, 3.05) is 13.7 Å². The number of ether oxygens (including phenoxy) is 1. The number of benzene rings is 1. The predicted molar refractivity (Wildman–Crippen MR) is 80.5 cm³/mol. The van der Waals surface area contributed by atoms with Crippen LogP contribution in [0.4, 0.5) is 0 Å². The normalized spacial score (nSPS) is 21.9. The second-order valence-electron chi connectivity index (χ2n) is 5.26. The SMILES string of the molecule is COC(=O)c1ccc(CNCC2CCC(O)C2)c(Br)c1. The molecule has 0 amide bonds. The summed E-state index contributed by atoms with van der Waals surface area (Å²) in [5, 5.41) is 12.9. The molecule has 0 saturated heterocycles. The van der Waals surface area contributed by atoms with Gasteiger partial charge in [-0.05, 0) is 49.4 Å². The van der Waals surface area contributed by atoms with Gasteiger partial charge in [0.15, 0.2) is 0 Å². The molecule has 0 bridgehead atoms. The molecule has 1 saturated carbocycles. The smallest absolute Gasteiger partial charge is 0.337 e. The Morgan fingerprint density at radius 1 is 1.50 bits per heavy atom. The van der Waals surface area contributed by atoms with Crippen molar-refractivity contribution in [3.63, 3.8) is 0 Å². The van der Waals surface area contributed by atoms with Gasteiger partial charge in [-0.3, -0.25) is 0 Å². The van der Waals surface area contributed by atoms with E-state index in [0.717, 1.165) is 42.4 Å². The quantitative estimate of drug-likeness (QED) is 0.808. The van der Waals surface area contributed by atoms with E-state index in [1.54, 1.807) is 12.1 Å². The summed E-state index contributed by atoms with van der Waals surface area (Å²) < 4.78 is 5.59. The number of hydrogen-bond donors (Lipinski definition) is 2. The zero-order valence-electron chi connectivity index (χ0n) is 11.6. The van der Waals surface area contributed by atoms with Crippen LogP contribution in [0.25, 0.3) is 0 Å². The van der Waals surface area contributed by atoms with Crippen molar-refractivity contribution in [1.29, 1.82) is 0 Å². The third-order valence-corrected chi connectivity index (χ3v) is 4.47. The molecule has 4 nitrogen and oxygen atoms in total. The van der Waals surface area contributed by atoms with Gasteiger partial charge in [0, 0.05) is 11.0 Å². The number of carbonyl (C=O) groups excluding carboxylic acids is 1. The largest absolute Gasteiger partial charge is 0.465 e. The van der Waals surface area contributed by atoms with E-state index >= 15 is 0 Å². The number of halogens is 1. The molecule has 20 heavy (non-hydrogen) atoms. The first-order valence-corrected chi connectivity index (χ1v) is 7.65. The fourth-order valence-corrected chi connectivity index (χ4v) is 3.10. The molecular formula is C15H20BrNO3. The van der Waals surface area contributed by atoms with Crippen LogP contribution in [0.5, 0.6) is 0 Å². The summed E-state index contributed by atoms with van der Waals surface area (Å²) in [6.07, 6.45) is 2.79. The van der Waals surface area contributed by atoms with Gasteiger partial charge in [-0.2, -0.15) is 0 Å². The van der Waals surface area contributed by atoms with Crippen LogP contribution in [0.3, 0.4) is 0 Å². The molecule has 110 valence electrons. The summed E-state index contributed by atoms with van der Waals surface area (Å²) in [6, 6.07) is 5.47. The minimum absolute atomic E-state index is 0.118. The lowest BCUT2D eigenvalue weighted by Gasteiger charge is -2.12. The number of carbonyl (C=O) groups is 1. The molecule has 0 aliphatic heterocycles. The average Bonchev–Trinajstić information content (AvgIpc) is 2.85. The van der Waals surface area contributed by atoms with Crippen LogP contribution in [-0.2, 0) is 11.3 Å². The van der Waals surface area contributed by atoms with Crippen molar-refractivity contribution in [2.45, 2.75) is 31.9 Å². The standard InChI is InChI=1S/C15H20BrNO3/c1-20-15(19)11-3-4-12(14(16)7-11)9-17-8-10-2-5-13(18)6-10/h3-4,7,10,13,17-18H,2,5-6,8-9H2,1H3. The van der Waals surface area contributed by atoms with Crippen molar-refractivity contribution < 1.29 is 14.6 Å². The maximum Gasteiger partial charge on any atom is 0.337 e. The molecular weight excluding hydrogens is 322 g/mol. The Hall–Kier alpha value is -0.910. The van der Waals surface area contributed by atoms with Gasteiger partial charge in [-0.15, -0.1) is 0 Å². The first kappa shape index (κ1) is 15.5. The second kappa shape index (κ2) is 7.20. The minimum Gasteiger partial charge on any atom is -0.465 e. The van der Waals surface area contributed by atoms with Crippen molar-refractivity contribution in [3.05, 3.63) is 33.8 Å². The Kier molecular flexibility index (Phi) is 5.57. The summed E-state index contributed by atoms with van der Waals surface area (Å²) in [4.78, 5) is 11.4. The minimum atomic E-state index is -0.329. The Labute approximate surface area is 127 Å². The number of esters is 1. The van der Waals surface area contributed by atoms with E-state index in [2.05, 4.69) is 21.2 Å². The van der Waals surface area contributed by atoms with Gasteiger partial charge >= 0.3 is 5.97 Å². The first-order valence-electron chi connectivity index (χ1n) is 6.85. The molecule has 5 heteroatoms. The first-order chi connectivity index (χ1) is 9.60. The van der Waals surface area contributed by atoms with E-state index in [-0.39, 0.29) is 12.1 Å². The molecule has 1 aromatic rings. The van der Waals surface area contributed by atoms with E-state index in [9.17, 15) is 9.90 Å². The van der Waals surface area contributed by atoms with Gasteiger partial charge < -0.3 is 15.2 Å². The summed E-state index contributed by atoms with van der Waals surface area (Å²) in [5.74, 6) is 0.239. The molecule has 2 rings (SSSR count). The third-order valence-electron chi connectivity index (χ3n) is 3.74. The molecule has 1 aliphatic rings. The number of nitrogens with one attached hydrogen (secondary N) is 1. The van der Waals surface area contributed by atoms with Gasteiger partial charge in [0.1, 0.15) is 0 Å². The van der Waals surface area contributed by atoms with Gasteiger partial charge in [-0.25, -0.2) is 4.79 Å². The maximum atomic E-state index is 11.4. The molecule has 0 aromatic heterocycles. The van der Waals surface area contributed by atoms with Crippen molar-refractivity contribution >= 4 is 21.9 Å². The van der Waals surface area contributed by atoms with Gasteiger partial charge in [0.2, 0.25) is 0 Å². The van der Waals surface area contributed by atoms with Crippen LogP contribution in [0.1, 0.15) is 35.2 Å². The van der Waals surface area contributed by atoms with Crippen LogP contribution in [0.2, 0.25) is 0 Å². The van der Waals surface area contributed by atoms with Gasteiger partial charge in [0.25, 0.3) is 0 Å². The van der Waals surface area contributed by atoms with Crippen molar-refractivity contribution in [3.8, 4) is 0 Å². The Morgan fingerprint density at radius 3 is 2.90 bits per heavy atom. The Balaban J connectivity index is 1.85. The number of methoxy groups -OCH3 is 1. The maximum absolute atomic E-state index is 11.4. The lowest BCUT2D eigenvalue weighted by Crippen LogP contribution is -2.21. The Bertz CT molecular complexity index is 478. The van der Waals surface area contributed by atoms with Crippen LogP contribution < -0.4 is 5.32 Å². The van der Waals surface area contributed by atoms with E-state index in [1.807, 2.05) is 6.07 Å². The van der Waals surface area contributed by atoms with Crippen LogP contribution in [-0.4, -0.2) is 30.8 Å². The van der Waals surface area contributed by atoms with Crippen LogP contribution in [0, 0.1) is 5.92 Å². The van der Waals surface area contributed by atoms with Crippen molar-refractivity contribution in [1.82, 2.24) is 5.32 Å². The molecule has 2 unspecified atom stereocenters. The number of hydrogen-bond acceptors (Lipinski definition) is 4. The Morgan fingerprint density at radius 2 is 2.30 bits per heavy atom. The second-order valence-corrected chi connectivity index (χ2v) is 6.12. The fourth-order valence-electron chi connectivity index (χ4n) is 2.58. The zero-order valence-corrected chi connectivity index (χ0v) is 13.1.